The number of ether oxygens (including phenoxy) is 1. The van der Waals surface area contributed by atoms with E-state index in [1.54, 1.807) is 6.07 Å². The summed E-state index contributed by atoms with van der Waals surface area (Å²) in [6.45, 7) is 0. The quantitative estimate of drug-likeness (QED) is 0.679. The lowest BCUT2D eigenvalue weighted by atomic mass is 9.95. The molecule has 1 aromatic carbocycles. The Bertz CT molecular complexity index is 424. The van der Waals surface area contributed by atoms with Gasteiger partial charge in [0.1, 0.15) is 17.2 Å². The number of alkyl halides is 1. The third-order valence-electron chi connectivity index (χ3n) is 3.70. The summed E-state index contributed by atoms with van der Waals surface area (Å²) >= 11 is 5.83. The average Bonchev–Trinajstić information content (AvgIpc) is 2.84. The average molecular weight is 241 g/mol. The van der Waals surface area contributed by atoms with E-state index in [1.807, 2.05) is 0 Å². The lowest BCUT2D eigenvalue weighted by molar-refractivity contribution is 0.102. The van der Waals surface area contributed by atoms with Gasteiger partial charge in [-0.15, -0.1) is 11.6 Å². The number of rotatable bonds is 1. The van der Waals surface area contributed by atoms with Crippen LogP contribution in [0.3, 0.4) is 0 Å². The fourth-order valence-electron chi connectivity index (χ4n) is 2.97. The van der Waals surface area contributed by atoms with Crippen LogP contribution in [-0.4, -0.2) is 5.60 Å². The molecule has 1 heterocycles. The molecular formula is C13H14ClFO. The van der Waals surface area contributed by atoms with Crippen molar-refractivity contribution in [2.75, 3.05) is 0 Å². The van der Waals surface area contributed by atoms with Gasteiger partial charge in [0.25, 0.3) is 0 Å². The maximum Gasteiger partial charge on any atom is 0.128 e. The highest BCUT2D eigenvalue weighted by atomic mass is 35.5. The van der Waals surface area contributed by atoms with Crippen LogP contribution >= 0.6 is 11.6 Å². The first-order chi connectivity index (χ1) is 7.72. The fraction of sp³-hybridized carbons (Fsp3) is 0.538. The summed E-state index contributed by atoms with van der Waals surface area (Å²) < 4.78 is 19.5. The molecule has 0 bridgehead atoms. The summed E-state index contributed by atoms with van der Waals surface area (Å²) in [5.41, 5.74) is 1.75. The Morgan fingerprint density at radius 2 is 2.06 bits per heavy atom. The smallest absolute Gasteiger partial charge is 0.128 e. The molecule has 1 aliphatic heterocycles. The minimum atomic E-state index is -0.201. The molecule has 1 aliphatic carbocycles. The normalized spacial score (nSPS) is 21.1. The Labute approximate surface area is 99.6 Å². The topological polar surface area (TPSA) is 9.23 Å². The first-order valence-corrected chi connectivity index (χ1v) is 6.32. The lowest BCUT2D eigenvalue weighted by Gasteiger charge is -2.22. The van der Waals surface area contributed by atoms with E-state index in [-0.39, 0.29) is 11.4 Å². The molecule has 86 valence electrons. The molecule has 16 heavy (non-hydrogen) atoms. The molecule has 0 unspecified atom stereocenters. The van der Waals surface area contributed by atoms with Gasteiger partial charge < -0.3 is 4.74 Å². The Morgan fingerprint density at radius 1 is 1.31 bits per heavy atom. The SMILES string of the molecule is Fc1cc(CCl)c2c(c1)CC1(CCCC1)O2. The Morgan fingerprint density at radius 3 is 2.75 bits per heavy atom. The fourth-order valence-corrected chi connectivity index (χ4v) is 3.17. The first-order valence-electron chi connectivity index (χ1n) is 5.79. The van der Waals surface area contributed by atoms with Crippen LogP contribution in [0, 0.1) is 5.82 Å². The molecule has 0 aromatic heterocycles. The van der Waals surface area contributed by atoms with E-state index in [1.165, 1.54) is 18.9 Å². The highest BCUT2D eigenvalue weighted by molar-refractivity contribution is 6.17. The van der Waals surface area contributed by atoms with Crippen molar-refractivity contribution in [2.24, 2.45) is 0 Å². The highest BCUT2D eigenvalue weighted by Gasteiger charge is 2.42. The lowest BCUT2D eigenvalue weighted by Crippen LogP contribution is -2.30. The predicted molar refractivity (Wildman–Crippen MR) is 61.5 cm³/mol. The summed E-state index contributed by atoms with van der Waals surface area (Å²) in [5, 5.41) is 0. The van der Waals surface area contributed by atoms with Gasteiger partial charge in [0.15, 0.2) is 0 Å². The van der Waals surface area contributed by atoms with Crippen LogP contribution in [0.2, 0.25) is 0 Å². The van der Waals surface area contributed by atoms with Crippen LogP contribution in [0.25, 0.3) is 0 Å². The van der Waals surface area contributed by atoms with Crippen LogP contribution in [0.1, 0.15) is 36.8 Å². The zero-order valence-electron chi connectivity index (χ0n) is 9.06. The molecule has 0 atom stereocenters. The van der Waals surface area contributed by atoms with Gasteiger partial charge in [-0.3, -0.25) is 0 Å². The number of benzene rings is 1. The maximum atomic E-state index is 13.4. The van der Waals surface area contributed by atoms with Gasteiger partial charge in [-0.25, -0.2) is 4.39 Å². The van der Waals surface area contributed by atoms with Gasteiger partial charge in [-0.05, 0) is 37.8 Å². The third-order valence-corrected chi connectivity index (χ3v) is 3.99. The van der Waals surface area contributed by atoms with E-state index in [4.69, 9.17) is 16.3 Å². The second-order valence-corrected chi connectivity index (χ2v) is 5.12. The van der Waals surface area contributed by atoms with Crippen molar-refractivity contribution in [3.8, 4) is 5.75 Å². The van der Waals surface area contributed by atoms with E-state index in [2.05, 4.69) is 0 Å². The molecule has 1 aromatic rings. The minimum absolute atomic E-state index is 0.0447. The Kier molecular flexibility index (Phi) is 2.36. The molecule has 3 rings (SSSR count). The van der Waals surface area contributed by atoms with Crippen molar-refractivity contribution < 1.29 is 9.13 Å². The Hall–Kier alpha value is -0.760. The summed E-state index contributed by atoms with van der Waals surface area (Å²) in [5.74, 6) is 0.960. The second kappa shape index (κ2) is 3.63. The summed E-state index contributed by atoms with van der Waals surface area (Å²) in [6, 6.07) is 3.08. The van der Waals surface area contributed by atoms with E-state index >= 15 is 0 Å². The molecule has 1 nitrogen and oxygen atoms in total. The zero-order valence-corrected chi connectivity index (χ0v) is 9.82. The third kappa shape index (κ3) is 1.51. The van der Waals surface area contributed by atoms with Crippen LogP contribution in [-0.2, 0) is 12.3 Å². The van der Waals surface area contributed by atoms with Crippen molar-refractivity contribution in [2.45, 2.75) is 43.6 Å². The highest BCUT2D eigenvalue weighted by Crippen LogP contribution is 2.46. The molecular weight excluding hydrogens is 227 g/mol. The van der Waals surface area contributed by atoms with E-state index in [0.717, 1.165) is 36.1 Å². The summed E-state index contributed by atoms with van der Waals surface area (Å²) in [4.78, 5) is 0. The van der Waals surface area contributed by atoms with Gasteiger partial charge in [0.2, 0.25) is 0 Å². The number of halogens is 2. The number of fused-ring (bicyclic) bond motifs is 1. The summed E-state index contributed by atoms with van der Waals surface area (Å²) in [7, 11) is 0. The zero-order chi connectivity index (χ0) is 11.2. The van der Waals surface area contributed by atoms with Crippen LogP contribution < -0.4 is 4.74 Å². The van der Waals surface area contributed by atoms with Crippen molar-refractivity contribution in [3.63, 3.8) is 0 Å². The number of hydrogen-bond acceptors (Lipinski definition) is 1. The van der Waals surface area contributed by atoms with E-state index in [0.29, 0.717) is 5.88 Å². The summed E-state index contributed by atoms with van der Waals surface area (Å²) in [6.07, 6.45) is 5.46. The molecule has 0 amide bonds. The number of hydrogen-bond donors (Lipinski definition) is 0. The molecule has 1 fully saturated rings. The van der Waals surface area contributed by atoms with Crippen molar-refractivity contribution >= 4 is 11.6 Å². The van der Waals surface area contributed by atoms with Gasteiger partial charge in [-0.1, -0.05) is 0 Å². The molecule has 1 saturated carbocycles. The van der Waals surface area contributed by atoms with Gasteiger partial charge in [-0.2, -0.15) is 0 Å². The molecule has 0 radical (unpaired) electrons. The molecule has 2 aliphatic rings. The largest absolute Gasteiger partial charge is 0.486 e. The standard InChI is InChI=1S/C13H14ClFO/c14-8-10-6-11(15)5-9-7-13(16-12(9)10)3-1-2-4-13/h5-6H,1-4,7-8H2. The molecule has 0 saturated heterocycles. The molecule has 1 spiro atoms. The minimum Gasteiger partial charge on any atom is -0.486 e. The predicted octanol–water partition coefficient (Wildman–Crippen LogP) is 3.81. The van der Waals surface area contributed by atoms with Crippen molar-refractivity contribution in [1.82, 2.24) is 0 Å². The second-order valence-electron chi connectivity index (χ2n) is 4.86. The van der Waals surface area contributed by atoms with Crippen LogP contribution in [0.15, 0.2) is 12.1 Å². The van der Waals surface area contributed by atoms with Gasteiger partial charge in [0.05, 0.1) is 5.88 Å². The monoisotopic (exact) mass is 240 g/mol. The van der Waals surface area contributed by atoms with Gasteiger partial charge in [0, 0.05) is 17.5 Å². The van der Waals surface area contributed by atoms with Gasteiger partial charge >= 0.3 is 0 Å². The van der Waals surface area contributed by atoms with Crippen molar-refractivity contribution in [1.29, 1.82) is 0 Å². The Balaban J connectivity index is 2.02. The maximum absolute atomic E-state index is 13.4. The van der Waals surface area contributed by atoms with Crippen LogP contribution in [0.4, 0.5) is 4.39 Å². The van der Waals surface area contributed by atoms with E-state index in [9.17, 15) is 4.39 Å². The van der Waals surface area contributed by atoms with E-state index < -0.39 is 0 Å². The van der Waals surface area contributed by atoms with Crippen molar-refractivity contribution in [3.05, 3.63) is 29.1 Å². The van der Waals surface area contributed by atoms with Crippen LogP contribution in [0.5, 0.6) is 5.75 Å². The molecule has 3 heteroatoms. The first kappa shape index (κ1) is 10.4. The molecule has 0 N–H and O–H groups in total.